The van der Waals surface area contributed by atoms with Gasteiger partial charge in [0.1, 0.15) is 0 Å². The SMILES string of the molecule is C=CCN(CC=C)S(=O)(=O)c1ccsc1CNC1CC1. The van der Waals surface area contributed by atoms with Gasteiger partial charge in [-0.15, -0.1) is 24.5 Å². The molecule has 0 bridgehead atoms. The van der Waals surface area contributed by atoms with Gasteiger partial charge in [-0.2, -0.15) is 4.31 Å². The maximum atomic E-state index is 12.7. The molecule has 110 valence electrons. The zero-order valence-corrected chi connectivity index (χ0v) is 13.0. The first-order chi connectivity index (χ1) is 9.59. The monoisotopic (exact) mass is 312 g/mol. The third kappa shape index (κ3) is 3.58. The number of hydrogen-bond acceptors (Lipinski definition) is 4. The maximum Gasteiger partial charge on any atom is 0.244 e. The normalized spacial score (nSPS) is 15.4. The molecule has 20 heavy (non-hydrogen) atoms. The van der Waals surface area contributed by atoms with Crippen LogP contribution in [-0.2, 0) is 16.6 Å². The molecule has 1 saturated carbocycles. The summed E-state index contributed by atoms with van der Waals surface area (Å²) >= 11 is 1.48. The molecule has 6 heteroatoms. The van der Waals surface area contributed by atoms with Crippen LogP contribution in [0.1, 0.15) is 17.7 Å². The third-order valence-electron chi connectivity index (χ3n) is 3.12. The van der Waals surface area contributed by atoms with E-state index in [2.05, 4.69) is 18.5 Å². The minimum absolute atomic E-state index is 0.291. The van der Waals surface area contributed by atoms with Gasteiger partial charge in [0.15, 0.2) is 0 Å². The molecule has 0 amide bonds. The van der Waals surface area contributed by atoms with Crippen molar-refractivity contribution in [2.45, 2.75) is 30.3 Å². The van der Waals surface area contributed by atoms with E-state index < -0.39 is 10.0 Å². The van der Waals surface area contributed by atoms with Gasteiger partial charge in [0.2, 0.25) is 10.0 Å². The number of thiophene rings is 1. The fraction of sp³-hybridized carbons (Fsp3) is 0.429. The number of hydrogen-bond donors (Lipinski definition) is 1. The van der Waals surface area contributed by atoms with Gasteiger partial charge in [-0.25, -0.2) is 8.42 Å². The fourth-order valence-electron chi connectivity index (χ4n) is 1.91. The number of rotatable bonds is 9. The lowest BCUT2D eigenvalue weighted by molar-refractivity contribution is 0.473. The molecule has 0 aromatic carbocycles. The van der Waals surface area contributed by atoms with Crippen molar-refractivity contribution in [3.05, 3.63) is 41.6 Å². The van der Waals surface area contributed by atoms with Gasteiger partial charge in [0.25, 0.3) is 0 Å². The van der Waals surface area contributed by atoms with E-state index in [0.717, 1.165) is 4.88 Å². The van der Waals surface area contributed by atoms with Crippen LogP contribution in [0.3, 0.4) is 0 Å². The summed E-state index contributed by atoms with van der Waals surface area (Å²) in [6, 6.07) is 2.24. The molecule has 1 aliphatic rings. The van der Waals surface area contributed by atoms with Gasteiger partial charge < -0.3 is 5.32 Å². The first-order valence-corrected chi connectivity index (χ1v) is 8.93. The number of nitrogens with one attached hydrogen (secondary N) is 1. The summed E-state index contributed by atoms with van der Waals surface area (Å²) in [4.78, 5) is 1.27. The Bertz CT molecular complexity index is 564. The Morgan fingerprint density at radius 1 is 1.35 bits per heavy atom. The van der Waals surface area contributed by atoms with E-state index in [-0.39, 0.29) is 0 Å². The smallest absolute Gasteiger partial charge is 0.244 e. The Kier molecular flexibility index (Phi) is 5.15. The van der Waals surface area contributed by atoms with E-state index >= 15 is 0 Å². The molecule has 4 nitrogen and oxygen atoms in total. The summed E-state index contributed by atoms with van der Waals surface area (Å²) in [5.74, 6) is 0. The Balaban J connectivity index is 2.20. The molecule has 2 rings (SSSR count). The average Bonchev–Trinajstić information content (AvgIpc) is 3.12. The van der Waals surface area contributed by atoms with E-state index in [9.17, 15) is 8.42 Å². The molecule has 1 aromatic heterocycles. The van der Waals surface area contributed by atoms with Crippen LogP contribution in [0, 0.1) is 0 Å². The molecule has 0 aliphatic heterocycles. The molecular weight excluding hydrogens is 292 g/mol. The van der Waals surface area contributed by atoms with Crippen molar-refractivity contribution in [2.75, 3.05) is 13.1 Å². The summed E-state index contributed by atoms with van der Waals surface area (Å²) in [6.07, 6.45) is 5.56. The number of nitrogens with zero attached hydrogens (tertiary/aromatic N) is 1. The van der Waals surface area contributed by atoms with Crippen LogP contribution >= 0.6 is 11.3 Å². The zero-order valence-electron chi connectivity index (χ0n) is 11.4. The van der Waals surface area contributed by atoms with Crippen molar-refractivity contribution in [3.63, 3.8) is 0 Å². The molecule has 0 unspecified atom stereocenters. The lowest BCUT2D eigenvalue weighted by Gasteiger charge is -2.19. The summed E-state index contributed by atoms with van der Waals surface area (Å²) in [7, 11) is -3.48. The highest BCUT2D eigenvalue weighted by atomic mass is 32.2. The van der Waals surface area contributed by atoms with Gasteiger partial charge in [-0.3, -0.25) is 0 Å². The quantitative estimate of drug-likeness (QED) is 0.712. The lowest BCUT2D eigenvalue weighted by atomic mass is 10.4. The first-order valence-electron chi connectivity index (χ1n) is 6.61. The van der Waals surface area contributed by atoms with Gasteiger partial charge in [-0.1, -0.05) is 12.2 Å². The van der Waals surface area contributed by atoms with Gasteiger partial charge in [-0.05, 0) is 24.3 Å². The van der Waals surface area contributed by atoms with Crippen LogP contribution in [0.15, 0.2) is 41.7 Å². The standard InChI is InChI=1S/C14H20N2O2S2/c1-3-8-16(9-4-2)20(17,18)14-7-10-19-13(14)11-15-12-5-6-12/h3-4,7,10,12,15H,1-2,5-6,8-9,11H2. The highest BCUT2D eigenvalue weighted by molar-refractivity contribution is 7.89. The van der Waals surface area contributed by atoms with Crippen LogP contribution in [-0.4, -0.2) is 31.9 Å². The third-order valence-corrected chi connectivity index (χ3v) is 6.08. The number of sulfonamides is 1. The second kappa shape index (κ2) is 6.67. The van der Waals surface area contributed by atoms with Crippen LogP contribution in [0.4, 0.5) is 0 Å². The van der Waals surface area contributed by atoms with Crippen molar-refractivity contribution in [1.82, 2.24) is 9.62 Å². The van der Waals surface area contributed by atoms with Crippen molar-refractivity contribution < 1.29 is 8.42 Å². The Hall–Kier alpha value is -0.950. The topological polar surface area (TPSA) is 49.4 Å². The summed E-state index contributed by atoms with van der Waals surface area (Å²) in [5.41, 5.74) is 0. The van der Waals surface area contributed by atoms with Crippen molar-refractivity contribution in [1.29, 1.82) is 0 Å². The minimum atomic E-state index is -3.48. The highest BCUT2D eigenvalue weighted by Crippen LogP contribution is 2.27. The largest absolute Gasteiger partial charge is 0.309 e. The lowest BCUT2D eigenvalue weighted by Crippen LogP contribution is -2.32. The predicted octanol–water partition coefficient (Wildman–Crippen LogP) is 2.36. The van der Waals surface area contributed by atoms with E-state index in [4.69, 9.17) is 0 Å². The molecule has 0 atom stereocenters. The molecule has 1 fully saturated rings. The second-order valence-corrected chi connectivity index (χ2v) is 7.67. The molecule has 0 spiro atoms. The van der Waals surface area contributed by atoms with Gasteiger partial charge in [0, 0.05) is 30.6 Å². The minimum Gasteiger partial charge on any atom is -0.309 e. The zero-order chi connectivity index (χ0) is 14.6. The van der Waals surface area contributed by atoms with E-state index in [0.29, 0.717) is 30.6 Å². The maximum absolute atomic E-state index is 12.7. The molecule has 0 radical (unpaired) electrons. The van der Waals surface area contributed by atoms with Crippen LogP contribution in [0.25, 0.3) is 0 Å². The molecular formula is C14H20N2O2S2. The van der Waals surface area contributed by atoms with Crippen molar-refractivity contribution in [3.8, 4) is 0 Å². The van der Waals surface area contributed by atoms with Gasteiger partial charge in [0.05, 0.1) is 4.90 Å². The predicted molar refractivity (Wildman–Crippen MR) is 83.3 cm³/mol. The first kappa shape index (κ1) is 15.4. The van der Waals surface area contributed by atoms with Crippen LogP contribution in [0.5, 0.6) is 0 Å². The fourth-order valence-corrected chi connectivity index (χ4v) is 4.66. The van der Waals surface area contributed by atoms with E-state index in [1.165, 1.54) is 28.5 Å². The summed E-state index contributed by atoms with van der Waals surface area (Å²) in [6.45, 7) is 8.44. The molecule has 1 aliphatic carbocycles. The van der Waals surface area contributed by atoms with E-state index in [1.807, 2.05) is 5.38 Å². The molecule has 1 N–H and O–H groups in total. The summed E-state index contributed by atoms with van der Waals surface area (Å²) in [5, 5.41) is 5.19. The van der Waals surface area contributed by atoms with Crippen LogP contribution < -0.4 is 5.32 Å². The van der Waals surface area contributed by atoms with Crippen molar-refractivity contribution in [2.24, 2.45) is 0 Å². The Morgan fingerprint density at radius 3 is 2.55 bits per heavy atom. The molecule has 1 heterocycles. The second-order valence-electron chi connectivity index (χ2n) is 4.76. The summed E-state index contributed by atoms with van der Waals surface area (Å²) < 4.78 is 26.7. The Morgan fingerprint density at radius 2 is 2.00 bits per heavy atom. The van der Waals surface area contributed by atoms with Gasteiger partial charge >= 0.3 is 0 Å². The molecule has 1 aromatic rings. The molecule has 0 saturated heterocycles. The van der Waals surface area contributed by atoms with Crippen molar-refractivity contribution >= 4 is 21.4 Å². The average molecular weight is 312 g/mol. The Labute approximate surface area is 124 Å². The van der Waals surface area contributed by atoms with Crippen LogP contribution in [0.2, 0.25) is 0 Å². The van der Waals surface area contributed by atoms with E-state index in [1.54, 1.807) is 18.2 Å². The highest BCUT2D eigenvalue weighted by Gasteiger charge is 2.27.